The van der Waals surface area contributed by atoms with Gasteiger partial charge in [-0.25, -0.2) is 4.79 Å². The molecular formula is C17H25NO4. The molecule has 0 radical (unpaired) electrons. The molecule has 0 aliphatic rings. The number of benzene rings is 1. The molecule has 0 fully saturated rings. The van der Waals surface area contributed by atoms with Crippen molar-refractivity contribution in [1.82, 2.24) is 4.90 Å². The average Bonchev–Trinajstić information content (AvgIpc) is 2.52. The molecule has 1 atom stereocenters. The van der Waals surface area contributed by atoms with Crippen LogP contribution in [0.1, 0.15) is 38.7 Å². The van der Waals surface area contributed by atoms with Crippen molar-refractivity contribution in [3.63, 3.8) is 0 Å². The van der Waals surface area contributed by atoms with Crippen molar-refractivity contribution in [2.45, 2.75) is 45.7 Å². The Bertz CT molecular complexity index is 461. The van der Waals surface area contributed by atoms with E-state index in [0.717, 1.165) is 24.8 Å². The maximum Gasteiger partial charge on any atom is 0.326 e. The molecule has 1 aromatic carbocycles. The van der Waals surface area contributed by atoms with Crippen molar-refractivity contribution in [3.05, 3.63) is 35.9 Å². The lowest BCUT2D eigenvalue weighted by molar-refractivity contribution is -0.152. The summed E-state index contributed by atoms with van der Waals surface area (Å²) in [5.41, 5.74) is 0.898. The third-order valence-corrected chi connectivity index (χ3v) is 3.46. The molecule has 122 valence electrons. The van der Waals surface area contributed by atoms with Gasteiger partial charge >= 0.3 is 5.97 Å². The van der Waals surface area contributed by atoms with Gasteiger partial charge in [-0.05, 0) is 18.9 Å². The number of carboxylic acids is 1. The van der Waals surface area contributed by atoms with Gasteiger partial charge in [-0.3, -0.25) is 4.79 Å². The van der Waals surface area contributed by atoms with Gasteiger partial charge in [-0.1, -0.05) is 50.1 Å². The van der Waals surface area contributed by atoms with Gasteiger partial charge in [0.25, 0.3) is 0 Å². The Hall–Kier alpha value is -1.88. The van der Waals surface area contributed by atoms with Crippen molar-refractivity contribution in [2.75, 3.05) is 13.2 Å². The maximum absolute atomic E-state index is 12.3. The smallest absolute Gasteiger partial charge is 0.326 e. The first-order chi connectivity index (χ1) is 10.6. The van der Waals surface area contributed by atoms with Gasteiger partial charge in [0.2, 0.25) is 5.91 Å². The van der Waals surface area contributed by atoms with Crippen LogP contribution in [-0.2, 0) is 20.9 Å². The second-order valence-corrected chi connectivity index (χ2v) is 5.28. The highest BCUT2D eigenvalue weighted by Crippen LogP contribution is 2.09. The number of carbonyl (C=O) groups is 2. The molecule has 0 saturated heterocycles. The van der Waals surface area contributed by atoms with E-state index in [1.54, 1.807) is 0 Å². The minimum absolute atomic E-state index is 0.0752. The number of unbranched alkanes of at least 4 members (excludes halogenated alkanes) is 2. The van der Waals surface area contributed by atoms with E-state index in [1.807, 2.05) is 30.3 Å². The first-order valence-corrected chi connectivity index (χ1v) is 7.70. The zero-order chi connectivity index (χ0) is 16.4. The van der Waals surface area contributed by atoms with Gasteiger partial charge in [0, 0.05) is 13.2 Å². The predicted molar refractivity (Wildman–Crippen MR) is 84.4 cm³/mol. The summed E-state index contributed by atoms with van der Waals surface area (Å²) in [4.78, 5) is 24.8. The highest BCUT2D eigenvalue weighted by Gasteiger charge is 2.25. The first-order valence-electron chi connectivity index (χ1n) is 7.70. The predicted octanol–water partition coefficient (Wildman–Crippen LogP) is 2.70. The summed E-state index contributed by atoms with van der Waals surface area (Å²) in [6.45, 7) is 4.33. The molecule has 1 unspecified atom stereocenters. The van der Waals surface area contributed by atoms with Crippen LogP contribution in [0.4, 0.5) is 0 Å². The second kappa shape index (κ2) is 9.95. The molecule has 0 spiro atoms. The minimum atomic E-state index is -1.02. The molecule has 1 rings (SSSR count). The van der Waals surface area contributed by atoms with E-state index in [4.69, 9.17) is 4.74 Å². The standard InChI is InChI=1S/C17H25NO4/c1-3-4-8-11-22-13-16(19)18(14(2)17(20)21)12-15-9-6-5-7-10-15/h5-7,9-10,14H,3-4,8,11-13H2,1-2H3,(H,20,21). The van der Waals surface area contributed by atoms with Crippen LogP contribution in [0.5, 0.6) is 0 Å². The topological polar surface area (TPSA) is 66.8 Å². The number of carboxylic acid groups (broad SMARTS) is 1. The highest BCUT2D eigenvalue weighted by atomic mass is 16.5. The number of carbonyl (C=O) groups excluding carboxylic acids is 1. The van der Waals surface area contributed by atoms with Crippen LogP contribution in [0, 0.1) is 0 Å². The summed E-state index contributed by atoms with van der Waals surface area (Å²) in [7, 11) is 0. The zero-order valence-electron chi connectivity index (χ0n) is 13.3. The molecule has 0 aliphatic carbocycles. The third kappa shape index (κ3) is 6.26. The lowest BCUT2D eigenvalue weighted by Crippen LogP contribution is -2.44. The molecule has 1 amide bonds. The number of hydrogen-bond donors (Lipinski definition) is 1. The molecule has 1 N–H and O–H groups in total. The van der Waals surface area contributed by atoms with Crippen molar-refractivity contribution < 1.29 is 19.4 Å². The molecule has 0 aliphatic heterocycles. The number of ether oxygens (including phenoxy) is 1. The summed E-state index contributed by atoms with van der Waals surface area (Å²) >= 11 is 0. The number of aliphatic carboxylic acids is 1. The van der Waals surface area contributed by atoms with E-state index in [-0.39, 0.29) is 19.1 Å². The Morgan fingerprint density at radius 2 is 1.91 bits per heavy atom. The summed E-state index contributed by atoms with van der Waals surface area (Å²) in [5, 5.41) is 9.19. The van der Waals surface area contributed by atoms with E-state index < -0.39 is 12.0 Å². The molecular weight excluding hydrogens is 282 g/mol. The normalized spacial score (nSPS) is 11.9. The van der Waals surface area contributed by atoms with Crippen LogP contribution in [0.3, 0.4) is 0 Å². The fourth-order valence-electron chi connectivity index (χ4n) is 2.05. The fraction of sp³-hybridized carbons (Fsp3) is 0.529. The van der Waals surface area contributed by atoms with E-state index in [1.165, 1.54) is 11.8 Å². The lowest BCUT2D eigenvalue weighted by Gasteiger charge is -2.26. The molecule has 5 nitrogen and oxygen atoms in total. The van der Waals surface area contributed by atoms with Crippen LogP contribution in [0.2, 0.25) is 0 Å². The largest absolute Gasteiger partial charge is 0.480 e. The van der Waals surface area contributed by atoms with E-state index in [9.17, 15) is 14.7 Å². The van der Waals surface area contributed by atoms with Gasteiger partial charge in [-0.15, -0.1) is 0 Å². The SMILES string of the molecule is CCCCCOCC(=O)N(Cc1ccccc1)C(C)C(=O)O. The fourth-order valence-corrected chi connectivity index (χ4v) is 2.05. The molecule has 5 heteroatoms. The van der Waals surface area contributed by atoms with Gasteiger partial charge in [0.1, 0.15) is 12.6 Å². The Morgan fingerprint density at radius 3 is 2.50 bits per heavy atom. The Labute approximate surface area is 131 Å². The van der Waals surface area contributed by atoms with Crippen LogP contribution >= 0.6 is 0 Å². The Kier molecular flexibility index (Phi) is 8.22. The maximum atomic E-state index is 12.3. The van der Waals surface area contributed by atoms with Crippen molar-refractivity contribution >= 4 is 11.9 Å². The third-order valence-electron chi connectivity index (χ3n) is 3.46. The molecule has 0 aromatic heterocycles. The average molecular weight is 307 g/mol. The van der Waals surface area contributed by atoms with Crippen LogP contribution in [-0.4, -0.2) is 41.1 Å². The summed E-state index contributed by atoms with van der Waals surface area (Å²) in [6.07, 6.45) is 3.07. The van der Waals surface area contributed by atoms with Crippen molar-refractivity contribution in [1.29, 1.82) is 0 Å². The van der Waals surface area contributed by atoms with E-state index >= 15 is 0 Å². The molecule has 22 heavy (non-hydrogen) atoms. The lowest BCUT2D eigenvalue weighted by atomic mass is 10.2. The number of amides is 1. The van der Waals surface area contributed by atoms with Gasteiger partial charge in [-0.2, -0.15) is 0 Å². The molecule has 0 saturated carbocycles. The van der Waals surface area contributed by atoms with Gasteiger partial charge in [0.05, 0.1) is 0 Å². The molecule has 0 heterocycles. The summed E-state index contributed by atoms with van der Waals surface area (Å²) in [5.74, 6) is -1.31. The Morgan fingerprint density at radius 1 is 1.23 bits per heavy atom. The number of nitrogens with zero attached hydrogens (tertiary/aromatic N) is 1. The second-order valence-electron chi connectivity index (χ2n) is 5.28. The minimum Gasteiger partial charge on any atom is -0.480 e. The zero-order valence-corrected chi connectivity index (χ0v) is 13.3. The quantitative estimate of drug-likeness (QED) is 0.675. The number of hydrogen-bond acceptors (Lipinski definition) is 3. The molecule has 1 aromatic rings. The van der Waals surface area contributed by atoms with Crippen LogP contribution in [0.15, 0.2) is 30.3 Å². The van der Waals surface area contributed by atoms with Crippen LogP contribution in [0.25, 0.3) is 0 Å². The monoisotopic (exact) mass is 307 g/mol. The van der Waals surface area contributed by atoms with Crippen molar-refractivity contribution in [3.8, 4) is 0 Å². The summed E-state index contributed by atoms with van der Waals surface area (Å²) < 4.78 is 5.36. The van der Waals surface area contributed by atoms with E-state index in [0.29, 0.717) is 6.61 Å². The number of rotatable bonds is 10. The van der Waals surface area contributed by atoms with Crippen LogP contribution < -0.4 is 0 Å². The van der Waals surface area contributed by atoms with E-state index in [2.05, 4.69) is 6.92 Å². The Balaban J connectivity index is 2.61. The van der Waals surface area contributed by atoms with Gasteiger partial charge < -0.3 is 14.7 Å². The molecule has 0 bridgehead atoms. The summed E-state index contributed by atoms with van der Waals surface area (Å²) in [6, 6.07) is 8.48. The van der Waals surface area contributed by atoms with Gasteiger partial charge in [0.15, 0.2) is 0 Å². The highest BCUT2D eigenvalue weighted by molar-refractivity contribution is 5.84. The first kappa shape index (κ1) is 18.2. The van der Waals surface area contributed by atoms with Crippen molar-refractivity contribution in [2.24, 2.45) is 0 Å².